The molecule has 0 bridgehead atoms. The zero-order chi connectivity index (χ0) is 14.7. The molecule has 3 aromatic rings. The van der Waals surface area contributed by atoms with E-state index in [9.17, 15) is 0 Å². The van der Waals surface area contributed by atoms with E-state index in [4.69, 9.17) is 0 Å². The summed E-state index contributed by atoms with van der Waals surface area (Å²) >= 11 is 0. The largest absolute Gasteiger partial charge is 0.306 e. The topological polar surface area (TPSA) is 50.7 Å². The van der Waals surface area contributed by atoms with Crippen molar-refractivity contribution >= 4 is 11.0 Å². The first-order valence-corrected chi connectivity index (χ1v) is 7.14. The number of aromatic nitrogens is 3. The van der Waals surface area contributed by atoms with Gasteiger partial charge in [-0.3, -0.25) is 15.0 Å². The second-order valence-corrected chi connectivity index (χ2v) is 5.06. The van der Waals surface area contributed by atoms with Crippen molar-refractivity contribution in [2.45, 2.75) is 19.9 Å². The minimum atomic E-state index is 0.0720. The Morgan fingerprint density at radius 3 is 2.81 bits per heavy atom. The lowest BCUT2D eigenvalue weighted by Crippen LogP contribution is -2.22. The summed E-state index contributed by atoms with van der Waals surface area (Å²) in [7, 11) is 0. The number of para-hydroxylation sites is 1. The fraction of sp³-hybridized carbons (Fsp3) is 0.235. The van der Waals surface area contributed by atoms with Gasteiger partial charge in [0.1, 0.15) is 0 Å². The molecule has 0 aliphatic carbocycles. The van der Waals surface area contributed by atoms with E-state index in [0.29, 0.717) is 0 Å². The summed E-state index contributed by atoms with van der Waals surface area (Å²) in [4.78, 5) is 13.2. The van der Waals surface area contributed by atoms with Crippen molar-refractivity contribution in [1.29, 1.82) is 0 Å². The molecule has 0 saturated carbocycles. The third-order valence-electron chi connectivity index (χ3n) is 3.48. The summed E-state index contributed by atoms with van der Waals surface area (Å²) in [5.41, 5.74) is 5.29. The lowest BCUT2D eigenvalue weighted by Gasteiger charge is -2.20. The Morgan fingerprint density at radius 1 is 1.14 bits per heavy atom. The van der Waals surface area contributed by atoms with Gasteiger partial charge in [-0.25, -0.2) is 0 Å². The van der Waals surface area contributed by atoms with Gasteiger partial charge in [-0.05, 0) is 30.7 Å². The summed E-state index contributed by atoms with van der Waals surface area (Å²) in [6.45, 7) is 5.03. The fourth-order valence-electron chi connectivity index (χ4n) is 2.60. The minimum Gasteiger partial charge on any atom is -0.306 e. The van der Waals surface area contributed by atoms with Gasteiger partial charge in [0.05, 0.1) is 17.1 Å². The maximum Gasteiger partial charge on any atom is 0.0937 e. The number of pyridine rings is 1. The molecule has 0 saturated heterocycles. The van der Waals surface area contributed by atoms with Gasteiger partial charge in [-0.1, -0.05) is 25.1 Å². The molecule has 3 rings (SSSR count). The Hall–Kier alpha value is -2.33. The van der Waals surface area contributed by atoms with Gasteiger partial charge in [0.15, 0.2) is 0 Å². The predicted octanol–water partition coefficient (Wildman–Crippen LogP) is 3.03. The zero-order valence-corrected chi connectivity index (χ0v) is 12.2. The third-order valence-corrected chi connectivity index (χ3v) is 3.48. The highest BCUT2D eigenvalue weighted by Gasteiger charge is 2.17. The Kier molecular flexibility index (Phi) is 3.88. The molecule has 0 aliphatic heterocycles. The van der Waals surface area contributed by atoms with Crippen molar-refractivity contribution in [1.82, 2.24) is 20.3 Å². The molecule has 1 aromatic carbocycles. The van der Waals surface area contributed by atoms with E-state index in [1.165, 1.54) is 0 Å². The van der Waals surface area contributed by atoms with Crippen LogP contribution in [0.2, 0.25) is 0 Å². The van der Waals surface area contributed by atoms with Crippen LogP contribution in [-0.2, 0) is 0 Å². The Labute approximate surface area is 124 Å². The second kappa shape index (κ2) is 5.97. The van der Waals surface area contributed by atoms with E-state index < -0.39 is 0 Å². The molecule has 0 radical (unpaired) electrons. The van der Waals surface area contributed by atoms with Gasteiger partial charge in [-0.15, -0.1) is 0 Å². The molecular weight excluding hydrogens is 260 g/mol. The molecule has 0 fully saturated rings. The molecule has 4 heteroatoms. The van der Waals surface area contributed by atoms with Gasteiger partial charge in [0.2, 0.25) is 0 Å². The molecule has 0 spiro atoms. The molecule has 1 unspecified atom stereocenters. The maximum atomic E-state index is 4.51. The Bertz CT molecular complexity index is 749. The molecule has 4 nitrogen and oxygen atoms in total. The Balaban J connectivity index is 2.16. The first-order chi connectivity index (χ1) is 10.3. The third kappa shape index (κ3) is 2.76. The first kappa shape index (κ1) is 13.6. The number of fused-ring (bicyclic) bond motifs is 1. The number of benzene rings is 1. The van der Waals surface area contributed by atoms with Crippen LogP contribution in [0.5, 0.6) is 0 Å². The molecule has 21 heavy (non-hydrogen) atoms. The van der Waals surface area contributed by atoms with Crippen LogP contribution in [0, 0.1) is 6.92 Å². The highest BCUT2D eigenvalue weighted by atomic mass is 14.9. The minimum absolute atomic E-state index is 0.0720. The van der Waals surface area contributed by atoms with E-state index in [-0.39, 0.29) is 6.04 Å². The van der Waals surface area contributed by atoms with Crippen molar-refractivity contribution < 1.29 is 0 Å². The van der Waals surface area contributed by atoms with Crippen LogP contribution in [0.15, 0.2) is 49.1 Å². The summed E-state index contributed by atoms with van der Waals surface area (Å²) in [6.07, 6.45) is 7.25. The second-order valence-electron chi connectivity index (χ2n) is 5.06. The number of hydrogen-bond donors (Lipinski definition) is 1. The molecule has 0 aliphatic rings. The molecule has 0 amide bonds. The Morgan fingerprint density at radius 2 is 2.00 bits per heavy atom. The van der Waals surface area contributed by atoms with E-state index in [2.05, 4.69) is 46.2 Å². The summed E-state index contributed by atoms with van der Waals surface area (Å²) in [5.74, 6) is 0. The molecule has 2 aromatic heterocycles. The molecule has 106 valence electrons. The highest BCUT2D eigenvalue weighted by Crippen LogP contribution is 2.27. The predicted molar refractivity (Wildman–Crippen MR) is 84.0 cm³/mol. The molecule has 1 N–H and O–H groups in total. The SMILES string of the molecule is CCNC(c1cncc(C)c1)c1cccc2nccnc12. The average molecular weight is 278 g/mol. The van der Waals surface area contributed by atoms with Crippen molar-refractivity contribution in [3.63, 3.8) is 0 Å². The number of nitrogens with zero attached hydrogens (tertiary/aromatic N) is 3. The summed E-state index contributed by atoms with van der Waals surface area (Å²) in [6, 6.07) is 8.36. The number of rotatable bonds is 4. The van der Waals surface area contributed by atoms with Crippen LogP contribution in [0.25, 0.3) is 11.0 Å². The van der Waals surface area contributed by atoms with Crippen LogP contribution in [0.3, 0.4) is 0 Å². The van der Waals surface area contributed by atoms with Crippen molar-refractivity contribution in [2.75, 3.05) is 6.54 Å². The van der Waals surface area contributed by atoms with Gasteiger partial charge in [0.25, 0.3) is 0 Å². The lowest BCUT2D eigenvalue weighted by molar-refractivity contribution is 0.631. The maximum absolute atomic E-state index is 4.51. The number of hydrogen-bond acceptors (Lipinski definition) is 4. The van der Waals surface area contributed by atoms with Crippen molar-refractivity contribution in [2.24, 2.45) is 0 Å². The molecule has 1 atom stereocenters. The van der Waals surface area contributed by atoms with Gasteiger partial charge < -0.3 is 5.32 Å². The van der Waals surface area contributed by atoms with Crippen molar-refractivity contribution in [3.8, 4) is 0 Å². The van der Waals surface area contributed by atoms with Crippen LogP contribution in [0.4, 0.5) is 0 Å². The zero-order valence-electron chi connectivity index (χ0n) is 12.2. The first-order valence-electron chi connectivity index (χ1n) is 7.14. The molecule has 2 heterocycles. The monoisotopic (exact) mass is 278 g/mol. The van der Waals surface area contributed by atoms with E-state index >= 15 is 0 Å². The van der Waals surface area contributed by atoms with E-state index in [0.717, 1.165) is 34.3 Å². The van der Waals surface area contributed by atoms with Gasteiger partial charge >= 0.3 is 0 Å². The van der Waals surface area contributed by atoms with E-state index in [1.807, 2.05) is 24.5 Å². The van der Waals surface area contributed by atoms with Crippen LogP contribution in [0.1, 0.15) is 29.7 Å². The van der Waals surface area contributed by atoms with Crippen LogP contribution >= 0.6 is 0 Å². The highest BCUT2D eigenvalue weighted by molar-refractivity contribution is 5.78. The number of nitrogens with one attached hydrogen (secondary N) is 1. The van der Waals surface area contributed by atoms with Crippen LogP contribution < -0.4 is 5.32 Å². The average Bonchev–Trinajstić information content (AvgIpc) is 2.52. The van der Waals surface area contributed by atoms with Crippen LogP contribution in [-0.4, -0.2) is 21.5 Å². The normalized spacial score (nSPS) is 12.5. The molecular formula is C17H18N4. The summed E-state index contributed by atoms with van der Waals surface area (Å²) < 4.78 is 0. The fourth-order valence-corrected chi connectivity index (χ4v) is 2.60. The van der Waals surface area contributed by atoms with Gasteiger partial charge in [-0.2, -0.15) is 0 Å². The standard InChI is InChI=1S/C17H18N4/c1-3-19-16(13-9-12(2)10-18-11-13)14-5-4-6-15-17(14)21-8-7-20-15/h4-11,16,19H,3H2,1-2H3. The van der Waals surface area contributed by atoms with Gasteiger partial charge in [0, 0.05) is 30.4 Å². The quantitative estimate of drug-likeness (QED) is 0.797. The van der Waals surface area contributed by atoms with E-state index in [1.54, 1.807) is 12.4 Å². The number of aryl methyl sites for hydroxylation is 1. The summed E-state index contributed by atoms with van der Waals surface area (Å²) in [5, 5.41) is 3.53. The smallest absolute Gasteiger partial charge is 0.0937 e. The lowest BCUT2D eigenvalue weighted by atomic mass is 9.97. The van der Waals surface area contributed by atoms with Crippen molar-refractivity contribution in [3.05, 3.63) is 65.7 Å².